The molecule has 1 heterocycles. The summed E-state index contributed by atoms with van der Waals surface area (Å²) < 4.78 is 6.62. The molecule has 0 unspecified atom stereocenters. The molecule has 0 radical (unpaired) electrons. The lowest BCUT2D eigenvalue weighted by molar-refractivity contribution is 0.669. The van der Waals surface area contributed by atoms with Gasteiger partial charge in [0.05, 0.1) is 5.69 Å². The van der Waals surface area contributed by atoms with Gasteiger partial charge in [-0.2, -0.15) is 0 Å². The number of fused-ring (bicyclic) bond motifs is 5. The zero-order valence-electron chi connectivity index (χ0n) is 29.6. The largest absolute Gasteiger partial charge is 0.456 e. The highest BCUT2D eigenvalue weighted by Crippen LogP contribution is 2.46. The minimum Gasteiger partial charge on any atom is -0.456 e. The molecule has 0 amide bonds. The van der Waals surface area contributed by atoms with Gasteiger partial charge in [-0.15, -0.1) is 0 Å². The van der Waals surface area contributed by atoms with E-state index in [9.17, 15) is 0 Å². The molecule has 10 aromatic rings. The Morgan fingerprint density at radius 3 is 1.30 bits per heavy atom. The van der Waals surface area contributed by atoms with Crippen LogP contribution in [0.25, 0.3) is 77.2 Å². The normalized spacial score (nSPS) is 11.3. The highest BCUT2D eigenvalue weighted by molar-refractivity contribution is 6.20. The number of hydrogen-bond acceptors (Lipinski definition) is 2. The molecule has 2 heteroatoms. The fourth-order valence-corrected chi connectivity index (χ4v) is 7.76. The van der Waals surface area contributed by atoms with Crippen LogP contribution >= 0.6 is 0 Å². The van der Waals surface area contributed by atoms with Crippen molar-refractivity contribution in [1.29, 1.82) is 0 Å². The molecule has 0 saturated carbocycles. The number of rotatable bonds is 7. The summed E-state index contributed by atoms with van der Waals surface area (Å²) in [4.78, 5) is 2.39. The van der Waals surface area contributed by atoms with Crippen molar-refractivity contribution in [2.45, 2.75) is 0 Å². The fourth-order valence-electron chi connectivity index (χ4n) is 7.76. The molecule has 254 valence electrons. The third-order valence-corrected chi connectivity index (χ3v) is 10.5. The lowest BCUT2D eigenvalue weighted by Crippen LogP contribution is -2.11. The maximum atomic E-state index is 6.62. The van der Waals surface area contributed by atoms with E-state index in [2.05, 4.69) is 217 Å². The summed E-state index contributed by atoms with van der Waals surface area (Å²) in [6, 6.07) is 75.8. The summed E-state index contributed by atoms with van der Waals surface area (Å²) in [5.74, 6) is 0. The van der Waals surface area contributed by atoms with Gasteiger partial charge in [0, 0.05) is 27.7 Å². The average molecular weight is 690 g/mol. The van der Waals surface area contributed by atoms with E-state index >= 15 is 0 Å². The number of furan rings is 1. The lowest BCUT2D eigenvalue weighted by atomic mass is 9.97. The van der Waals surface area contributed by atoms with Crippen molar-refractivity contribution >= 4 is 49.8 Å². The molecular weight excluding hydrogens is 655 g/mol. The number of anilines is 3. The Morgan fingerprint density at radius 1 is 0.315 bits per heavy atom. The van der Waals surface area contributed by atoms with Crippen molar-refractivity contribution in [3.05, 3.63) is 212 Å². The minimum absolute atomic E-state index is 0.873. The van der Waals surface area contributed by atoms with Crippen LogP contribution in [-0.2, 0) is 0 Å². The first-order valence-corrected chi connectivity index (χ1v) is 18.4. The molecule has 0 N–H and O–H groups in total. The second kappa shape index (κ2) is 13.4. The van der Waals surface area contributed by atoms with E-state index in [1.54, 1.807) is 0 Å². The first-order chi connectivity index (χ1) is 26.8. The molecule has 0 atom stereocenters. The monoisotopic (exact) mass is 689 g/mol. The SMILES string of the molecule is c1ccc(-c2ccc(-c3ccc(N(c4ccc(-c5ccccc5)cc4)c4cc5c(cc4-c4ccccc4)oc4ccc6ccccc6c45)cc3)cc2)cc1. The smallest absolute Gasteiger partial charge is 0.136 e. The molecule has 0 aliphatic carbocycles. The second-order valence-corrected chi connectivity index (χ2v) is 13.7. The van der Waals surface area contributed by atoms with Gasteiger partial charge in [0.15, 0.2) is 0 Å². The van der Waals surface area contributed by atoms with Crippen molar-refractivity contribution in [3.8, 4) is 44.5 Å². The van der Waals surface area contributed by atoms with Gasteiger partial charge in [-0.3, -0.25) is 0 Å². The third-order valence-electron chi connectivity index (χ3n) is 10.5. The summed E-state index contributed by atoms with van der Waals surface area (Å²) in [5.41, 5.74) is 14.4. The summed E-state index contributed by atoms with van der Waals surface area (Å²) in [6.45, 7) is 0. The molecule has 54 heavy (non-hydrogen) atoms. The Bertz CT molecular complexity index is 2880. The molecule has 0 aliphatic heterocycles. The van der Waals surface area contributed by atoms with Crippen molar-refractivity contribution in [3.63, 3.8) is 0 Å². The van der Waals surface area contributed by atoms with E-state index in [0.29, 0.717) is 0 Å². The van der Waals surface area contributed by atoms with Crippen LogP contribution < -0.4 is 4.90 Å². The molecule has 0 aliphatic rings. The van der Waals surface area contributed by atoms with Crippen LogP contribution in [0.5, 0.6) is 0 Å². The van der Waals surface area contributed by atoms with Gasteiger partial charge in [0.2, 0.25) is 0 Å². The summed E-state index contributed by atoms with van der Waals surface area (Å²) in [6.07, 6.45) is 0. The highest BCUT2D eigenvalue weighted by Gasteiger charge is 2.22. The first kappa shape index (κ1) is 31.6. The van der Waals surface area contributed by atoms with Crippen LogP contribution in [0.2, 0.25) is 0 Å². The zero-order valence-corrected chi connectivity index (χ0v) is 29.6. The van der Waals surface area contributed by atoms with Gasteiger partial charge in [-0.1, -0.05) is 170 Å². The molecule has 0 fully saturated rings. The molecule has 10 rings (SSSR count). The van der Waals surface area contributed by atoms with Crippen LogP contribution in [0, 0.1) is 0 Å². The Kier molecular flexibility index (Phi) is 7.85. The first-order valence-electron chi connectivity index (χ1n) is 18.4. The average Bonchev–Trinajstić information content (AvgIpc) is 3.63. The topological polar surface area (TPSA) is 16.4 Å². The van der Waals surface area contributed by atoms with E-state index in [4.69, 9.17) is 4.42 Å². The van der Waals surface area contributed by atoms with E-state index in [-0.39, 0.29) is 0 Å². The second-order valence-electron chi connectivity index (χ2n) is 13.7. The number of nitrogens with zero attached hydrogens (tertiary/aromatic N) is 1. The van der Waals surface area contributed by atoms with Gasteiger partial charge in [-0.25, -0.2) is 0 Å². The van der Waals surface area contributed by atoms with E-state index < -0.39 is 0 Å². The zero-order chi connectivity index (χ0) is 35.8. The molecule has 0 saturated heterocycles. The Morgan fingerprint density at radius 2 is 0.759 bits per heavy atom. The van der Waals surface area contributed by atoms with Crippen molar-refractivity contribution < 1.29 is 4.42 Å². The summed E-state index contributed by atoms with van der Waals surface area (Å²) >= 11 is 0. The molecule has 1 aromatic heterocycles. The van der Waals surface area contributed by atoms with Crippen molar-refractivity contribution in [2.75, 3.05) is 4.90 Å². The Hall–Kier alpha value is -7.16. The molecular formula is C52H35NO. The van der Waals surface area contributed by atoms with Gasteiger partial charge in [-0.05, 0) is 92.2 Å². The molecule has 0 bridgehead atoms. The molecule has 2 nitrogen and oxygen atoms in total. The van der Waals surface area contributed by atoms with Gasteiger partial charge in [0.25, 0.3) is 0 Å². The quantitative estimate of drug-likeness (QED) is 0.166. The van der Waals surface area contributed by atoms with Crippen LogP contribution in [0.3, 0.4) is 0 Å². The molecule has 0 spiro atoms. The summed E-state index contributed by atoms with van der Waals surface area (Å²) in [5, 5.41) is 4.62. The third kappa shape index (κ3) is 5.71. The van der Waals surface area contributed by atoms with E-state index in [0.717, 1.165) is 50.1 Å². The summed E-state index contributed by atoms with van der Waals surface area (Å²) in [7, 11) is 0. The Labute approximate surface area is 314 Å². The predicted octanol–water partition coefficient (Wildman–Crippen LogP) is 14.9. The highest BCUT2D eigenvalue weighted by atomic mass is 16.3. The van der Waals surface area contributed by atoms with Gasteiger partial charge >= 0.3 is 0 Å². The lowest BCUT2D eigenvalue weighted by Gasteiger charge is -2.28. The fraction of sp³-hybridized carbons (Fsp3) is 0. The minimum atomic E-state index is 0.873. The number of benzene rings is 9. The van der Waals surface area contributed by atoms with Gasteiger partial charge < -0.3 is 9.32 Å². The van der Waals surface area contributed by atoms with E-state index in [1.807, 2.05) is 0 Å². The number of hydrogen-bond donors (Lipinski definition) is 0. The van der Waals surface area contributed by atoms with Crippen LogP contribution in [-0.4, -0.2) is 0 Å². The van der Waals surface area contributed by atoms with E-state index in [1.165, 1.54) is 44.2 Å². The Balaban J connectivity index is 1.16. The maximum absolute atomic E-state index is 6.62. The molecule has 9 aromatic carbocycles. The van der Waals surface area contributed by atoms with Crippen molar-refractivity contribution in [1.82, 2.24) is 0 Å². The maximum Gasteiger partial charge on any atom is 0.136 e. The standard InChI is InChI=1S/C52H35NO/c1-4-12-36(13-5-1)38-20-22-39(23-21-38)41-26-31-45(32-27-41)53(44-29-24-40(25-30-44)37-14-6-2-7-15-37)49-34-48-51(35-47(49)42-16-8-3-9-17-42)54-50-33-28-43-18-10-11-19-46(43)52(48)50/h1-35H. The van der Waals surface area contributed by atoms with Crippen molar-refractivity contribution in [2.24, 2.45) is 0 Å². The van der Waals surface area contributed by atoms with Gasteiger partial charge in [0.1, 0.15) is 11.2 Å². The van der Waals surface area contributed by atoms with Crippen LogP contribution in [0.4, 0.5) is 17.1 Å². The predicted molar refractivity (Wildman–Crippen MR) is 228 cm³/mol. The van der Waals surface area contributed by atoms with Crippen LogP contribution in [0.1, 0.15) is 0 Å². The van der Waals surface area contributed by atoms with Crippen LogP contribution in [0.15, 0.2) is 217 Å².